The molecule has 0 saturated carbocycles. The molecular formula is C22H27ClF3N3O. The number of aryl methyl sites for hydroxylation is 1. The van der Waals surface area contributed by atoms with Gasteiger partial charge in [0.25, 0.3) is 5.91 Å². The molecule has 1 N–H and O–H groups in total. The van der Waals surface area contributed by atoms with Crippen molar-refractivity contribution in [2.45, 2.75) is 26.1 Å². The molecule has 4 nitrogen and oxygen atoms in total. The molecule has 2 aromatic rings. The maximum atomic E-state index is 13.7. The normalized spacial score (nSPS) is 15.5. The summed E-state index contributed by atoms with van der Waals surface area (Å²) in [7, 11) is 2.01. The van der Waals surface area contributed by atoms with Gasteiger partial charge in [0.05, 0.1) is 5.56 Å². The third-order valence-electron chi connectivity index (χ3n) is 5.31. The summed E-state index contributed by atoms with van der Waals surface area (Å²) in [4.78, 5) is 16.8. The van der Waals surface area contributed by atoms with E-state index in [4.69, 9.17) is 0 Å². The second-order valence-electron chi connectivity index (χ2n) is 7.41. The Morgan fingerprint density at radius 2 is 1.70 bits per heavy atom. The molecular weight excluding hydrogens is 415 g/mol. The summed E-state index contributed by atoms with van der Waals surface area (Å²) in [5.41, 5.74) is 1.01. The molecule has 0 aliphatic carbocycles. The Hall–Kier alpha value is -2.09. The number of hydrogen-bond acceptors (Lipinski definition) is 3. The molecule has 8 heteroatoms. The van der Waals surface area contributed by atoms with E-state index in [1.807, 2.05) is 31.0 Å². The van der Waals surface area contributed by atoms with Gasteiger partial charge in [0, 0.05) is 44.0 Å². The lowest BCUT2D eigenvalue weighted by atomic mass is 10.0. The van der Waals surface area contributed by atoms with Crippen LogP contribution in [0.3, 0.4) is 0 Å². The molecule has 164 valence electrons. The van der Waals surface area contributed by atoms with Crippen molar-refractivity contribution >= 4 is 24.0 Å². The molecule has 0 atom stereocenters. The Morgan fingerprint density at radius 3 is 2.33 bits per heavy atom. The molecule has 1 aliphatic rings. The van der Waals surface area contributed by atoms with Crippen molar-refractivity contribution in [3.8, 4) is 0 Å². The Balaban J connectivity index is 0.00000320. The molecule has 0 aromatic heterocycles. The molecule has 1 amide bonds. The maximum absolute atomic E-state index is 13.7. The molecule has 1 saturated heterocycles. The van der Waals surface area contributed by atoms with Crippen LogP contribution in [0.4, 0.5) is 18.9 Å². The minimum Gasteiger partial charge on any atom is -0.322 e. The molecule has 0 bridgehead atoms. The van der Waals surface area contributed by atoms with Gasteiger partial charge in [-0.2, -0.15) is 13.2 Å². The second-order valence-corrected chi connectivity index (χ2v) is 7.41. The third-order valence-corrected chi connectivity index (χ3v) is 5.31. The number of carbonyl (C=O) groups is 1. The van der Waals surface area contributed by atoms with Crippen LogP contribution in [0.2, 0.25) is 0 Å². The number of halogens is 4. The number of carbonyl (C=O) groups excluding carboxylic acids is 1. The van der Waals surface area contributed by atoms with Crippen LogP contribution in [-0.2, 0) is 19.1 Å². The minimum atomic E-state index is -4.48. The zero-order valence-corrected chi connectivity index (χ0v) is 17.9. The van der Waals surface area contributed by atoms with Gasteiger partial charge in [-0.25, -0.2) is 0 Å². The first-order chi connectivity index (χ1) is 13.8. The van der Waals surface area contributed by atoms with Gasteiger partial charge in [0.1, 0.15) is 0 Å². The Labute approximate surface area is 181 Å². The number of piperazine rings is 1. The number of nitrogens with zero attached hydrogens (tertiary/aromatic N) is 2. The molecule has 0 radical (unpaired) electrons. The van der Waals surface area contributed by atoms with Crippen LogP contribution >= 0.6 is 12.4 Å². The summed E-state index contributed by atoms with van der Waals surface area (Å²) in [6.45, 7) is 5.33. The minimum absolute atomic E-state index is 0. The highest BCUT2D eigenvalue weighted by Gasteiger charge is 2.34. The quantitative estimate of drug-likeness (QED) is 0.731. The summed E-state index contributed by atoms with van der Waals surface area (Å²) in [6.07, 6.45) is -3.81. The Bertz CT molecular complexity index is 865. The van der Waals surface area contributed by atoms with Crippen molar-refractivity contribution in [1.82, 2.24) is 9.80 Å². The van der Waals surface area contributed by atoms with Crippen LogP contribution in [0.5, 0.6) is 0 Å². The Morgan fingerprint density at radius 1 is 1.03 bits per heavy atom. The van der Waals surface area contributed by atoms with Crippen molar-refractivity contribution < 1.29 is 18.0 Å². The zero-order chi connectivity index (χ0) is 21.0. The summed E-state index contributed by atoms with van der Waals surface area (Å²) >= 11 is 0. The van der Waals surface area contributed by atoms with Crippen LogP contribution in [-0.4, -0.2) is 48.9 Å². The fourth-order valence-corrected chi connectivity index (χ4v) is 3.55. The molecule has 3 rings (SSSR count). The summed E-state index contributed by atoms with van der Waals surface area (Å²) in [5.74, 6) is -0.401. The zero-order valence-electron chi connectivity index (χ0n) is 17.1. The summed E-state index contributed by atoms with van der Waals surface area (Å²) < 4.78 is 41.1. The molecule has 30 heavy (non-hydrogen) atoms. The van der Waals surface area contributed by atoms with Gasteiger partial charge < -0.3 is 10.2 Å². The lowest BCUT2D eigenvalue weighted by Crippen LogP contribution is -2.44. The lowest BCUT2D eigenvalue weighted by molar-refractivity contribution is -0.138. The average Bonchev–Trinajstić information content (AvgIpc) is 2.70. The van der Waals surface area contributed by atoms with Crippen LogP contribution in [0.1, 0.15) is 34.0 Å². The van der Waals surface area contributed by atoms with Crippen LogP contribution in [0, 0.1) is 0 Å². The van der Waals surface area contributed by atoms with Gasteiger partial charge in [-0.05, 0) is 42.8 Å². The van der Waals surface area contributed by atoms with Gasteiger partial charge >= 0.3 is 6.18 Å². The van der Waals surface area contributed by atoms with E-state index in [1.165, 1.54) is 6.07 Å². The molecule has 0 spiro atoms. The third kappa shape index (κ3) is 5.97. The van der Waals surface area contributed by atoms with E-state index in [0.717, 1.165) is 37.8 Å². The smallest absolute Gasteiger partial charge is 0.322 e. The first kappa shape index (κ1) is 24.2. The highest BCUT2D eigenvalue weighted by Crippen LogP contribution is 2.34. The molecule has 1 fully saturated rings. The number of nitrogens with one attached hydrogen (secondary N) is 1. The van der Waals surface area contributed by atoms with Crippen molar-refractivity contribution in [3.05, 3.63) is 64.7 Å². The van der Waals surface area contributed by atoms with Crippen LogP contribution < -0.4 is 5.32 Å². The Kier molecular flexibility index (Phi) is 8.29. The first-order valence-corrected chi connectivity index (χ1v) is 9.78. The lowest BCUT2D eigenvalue weighted by Gasteiger charge is -2.33. The van der Waals surface area contributed by atoms with Crippen LogP contribution in [0.15, 0.2) is 42.5 Å². The van der Waals surface area contributed by atoms with E-state index in [-0.39, 0.29) is 30.2 Å². The fraction of sp³-hybridized carbons (Fsp3) is 0.409. The van der Waals surface area contributed by atoms with E-state index in [9.17, 15) is 18.0 Å². The van der Waals surface area contributed by atoms with Crippen molar-refractivity contribution in [2.75, 3.05) is 38.5 Å². The van der Waals surface area contributed by atoms with Gasteiger partial charge in [-0.3, -0.25) is 9.69 Å². The number of rotatable bonds is 5. The van der Waals surface area contributed by atoms with Crippen molar-refractivity contribution in [3.63, 3.8) is 0 Å². The average molecular weight is 442 g/mol. The van der Waals surface area contributed by atoms with E-state index in [1.54, 1.807) is 18.2 Å². The fourth-order valence-electron chi connectivity index (χ4n) is 3.55. The number of alkyl halides is 3. The van der Waals surface area contributed by atoms with E-state index in [0.29, 0.717) is 12.0 Å². The SMILES string of the molecule is CCc1ccccc1C(=O)Nc1ccc(CN2CCN(C)CC2)c(C(F)(F)F)c1.Cl. The van der Waals surface area contributed by atoms with E-state index < -0.39 is 17.6 Å². The second kappa shape index (κ2) is 10.3. The number of amides is 1. The molecule has 2 aromatic carbocycles. The van der Waals surface area contributed by atoms with Gasteiger partial charge in [-0.1, -0.05) is 31.2 Å². The standard InChI is InChI=1S/C22H26F3N3O.ClH/c1-3-16-6-4-5-7-19(16)21(29)26-18-9-8-17(20(14-18)22(23,24)25)15-28-12-10-27(2)11-13-28;/h4-9,14H,3,10-13,15H2,1-2H3,(H,26,29);1H. The van der Waals surface area contributed by atoms with Crippen molar-refractivity contribution in [1.29, 1.82) is 0 Å². The van der Waals surface area contributed by atoms with Crippen LogP contribution in [0.25, 0.3) is 0 Å². The number of hydrogen-bond donors (Lipinski definition) is 1. The summed E-state index contributed by atoms with van der Waals surface area (Å²) in [5, 5.41) is 2.62. The van der Waals surface area contributed by atoms with E-state index in [2.05, 4.69) is 10.2 Å². The summed E-state index contributed by atoms with van der Waals surface area (Å²) in [6, 6.07) is 11.2. The first-order valence-electron chi connectivity index (χ1n) is 9.78. The van der Waals surface area contributed by atoms with E-state index >= 15 is 0 Å². The van der Waals surface area contributed by atoms with Gasteiger partial charge in [0.15, 0.2) is 0 Å². The highest BCUT2D eigenvalue weighted by atomic mass is 35.5. The molecule has 1 aliphatic heterocycles. The monoisotopic (exact) mass is 441 g/mol. The number of benzene rings is 2. The largest absolute Gasteiger partial charge is 0.416 e. The topological polar surface area (TPSA) is 35.6 Å². The maximum Gasteiger partial charge on any atom is 0.416 e. The van der Waals surface area contributed by atoms with Gasteiger partial charge in [-0.15, -0.1) is 12.4 Å². The van der Waals surface area contributed by atoms with Gasteiger partial charge in [0.2, 0.25) is 0 Å². The molecule has 1 heterocycles. The molecule has 0 unspecified atom stereocenters. The predicted octanol–water partition coefficient (Wildman–Crippen LogP) is 4.69. The number of anilines is 1. The highest BCUT2D eigenvalue weighted by molar-refractivity contribution is 6.05. The van der Waals surface area contributed by atoms with Crippen molar-refractivity contribution in [2.24, 2.45) is 0 Å². The predicted molar refractivity (Wildman–Crippen MR) is 115 cm³/mol. The number of likely N-dealkylation sites (N-methyl/N-ethyl adjacent to an activating group) is 1.